The number of hydrogen-bond donors (Lipinski definition) is 1. The third-order valence-electron chi connectivity index (χ3n) is 5.93. The minimum Gasteiger partial charge on any atom is -0.487 e. The van der Waals surface area contributed by atoms with Gasteiger partial charge in [0.2, 0.25) is 11.8 Å². The highest BCUT2D eigenvalue weighted by Gasteiger charge is 2.14. The number of aliphatic carboxylic acids is 1. The highest BCUT2D eigenvalue weighted by molar-refractivity contribution is 5.67. The van der Waals surface area contributed by atoms with Crippen LogP contribution in [0.1, 0.15) is 29.1 Å². The molecular weight excluding hydrogens is 482 g/mol. The summed E-state index contributed by atoms with van der Waals surface area (Å²) in [5.74, 6) is 1.54. The first-order chi connectivity index (χ1) is 18.5. The lowest BCUT2D eigenvalue weighted by Crippen LogP contribution is -2.05. The molecule has 0 spiro atoms. The van der Waals surface area contributed by atoms with E-state index in [9.17, 15) is 4.79 Å². The van der Waals surface area contributed by atoms with E-state index in [1.807, 2.05) is 91.9 Å². The maximum absolute atomic E-state index is 11.1. The summed E-state index contributed by atoms with van der Waals surface area (Å²) in [7, 11) is 0. The molecular formula is C30H27N3O5. The van der Waals surface area contributed by atoms with Gasteiger partial charge in [0.05, 0.1) is 12.1 Å². The monoisotopic (exact) mass is 509 g/mol. The number of carboxylic acids is 1. The van der Waals surface area contributed by atoms with Crippen molar-refractivity contribution in [3.8, 4) is 28.8 Å². The van der Waals surface area contributed by atoms with Crippen molar-refractivity contribution in [1.82, 2.24) is 14.8 Å². The number of benzene rings is 3. The third kappa shape index (κ3) is 6.10. The fourth-order valence-electron chi connectivity index (χ4n) is 3.97. The number of nitrogens with zero attached hydrogens (tertiary/aromatic N) is 3. The summed E-state index contributed by atoms with van der Waals surface area (Å²) in [4.78, 5) is 15.7. The average molecular weight is 510 g/mol. The Bertz CT molecular complexity index is 1510. The Kier molecular flexibility index (Phi) is 7.49. The van der Waals surface area contributed by atoms with Crippen molar-refractivity contribution in [2.24, 2.45) is 0 Å². The maximum atomic E-state index is 11.1. The van der Waals surface area contributed by atoms with Gasteiger partial charge in [-0.2, -0.15) is 0 Å². The molecule has 2 aromatic heterocycles. The first kappa shape index (κ1) is 24.8. The molecule has 0 radical (unpaired) electrons. The Morgan fingerprint density at radius 2 is 1.68 bits per heavy atom. The lowest BCUT2D eigenvalue weighted by atomic mass is 10.2. The van der Waals surface area contributed by atoms with E-state index in [-0.39, 0.29) is 19.6 Å². The second kappa shape index (κ2) is 11.5. The Morgan fingerprint density at radius 1 is 0.921 bits per heavy atom. The molecule has 0 saturated carbocycles. The van der Waals surface area contributed by atoms with Gasteiger partial charge >= 0.3 is 5.97 Å². The standard InChI is InChI=1S/C30H27N3O5/c1-21-27(31-30(38-21)23-10-4-2-5-11-23)20-36-26-14-8-9-22(17-26)19-37-28-18-25(15-16-29(34)35)33(32-28)24-12-6-3-7-13-24/h2-14,17-18H,15-16,19-20H2,1H3,(H,34,35). The van der Waals surface area contributed by atoms with Crippen LogP contribution in [-0.4, -0.2) is 25.8 Å². The van der Waals surface area contributed by atoms with Gasteiger partial charge in [-0.1, -0.05) is 48.5 Å². The summed E-state index contributed by atoms with van der Waals surface area (Å²) in [6.07, 6.45) is 0.354. The molecule has 8 heteroatoms. The van der Waals surface area contributed by atoms with Crippen LogP contribution in [0.25, 0.3) is 17.1 Å². The van der Waals surface area contributed by atoms with E-state index in [2.05, 4.69) is 10.1 Å². The van der Waals surface area contributed by atoms with E-state index in [1.165, 1.54) is 0 Å². The van der Waals surface area contributed by atoms with Crippen LogP contribution in [0.15, 0.2) is 95.4 Å². The van der Waals surface area contributed by atoms with Crippen molar-refractivity contribution in [3.63, 3.8) is 0 Å². The minimum atomic E-state index is -0.859. The van der Waals surface area contributed by atoms with Crippen LogP contribution in [-0.2, 0) is 24.4 Å². The van der Waals surface area contributed by atoms with Crippen LogP contribution < -0.4 is 9.47 Å². The van der Waals surface area contributed by atoms with Gasteiger partial charge in [-0.3, -0.25) is 4.79 Å². The van der Waals surface area contributed by atoms with Gasteiger partial charge in [-0.25, -0.2) is 9.67 Å². The normalized spacial score (nSPS) is 10.9. The van der Waals surface area contributed by atoms with E-state index < -0.39 is 5.97 Å². The Hall–Kier alpha value is -4.85. The molecule has 0 saturated heterocycles. The van der Waals surface area contributed by atoms with Crippen molar-refractivity contribution in [1.29, 1.82) is 0 Å². The number of ether oxygens (including phenoxy) is 2. The Labute approximate surface area is 220 Å². The fourth-order valence-corrected chi connectivity index (χ4v) is 3.97. The highest BCUT2D eigenvalue weighted by Crippen LogP contribution is 2.24. The first-order valence-electron chi connectivity index (χ1n) is 12.3. The molecule has 3 aromatic carbocycles. The average Bonchev–Trinajstić information content (AvgIpc) is 3.54. The summed E-state index contributed by atoms with van der Waals surface area (Å²) in [5.41, 5.74) is 4.18. The summed E-state index contributed by atoms with van der Waals surface area (Å²) in [6, 6.07) is 28.8. The largest absolute Gasteiger partial charge is 0.487 e. The molecule has 0 atom stereocenters. The molecule has 0 aliphatic carbocycles. The Morgan fingerprint density at radius 3 is 2.45 bits per heavy atom. The lowest BCUT2D eigenvalue weighted by molar-refractivity contribution is -0.136. The van der Waals surface area contributed by atoms with Crippen LogP contribution >= 0.6 is 0 Å². The molecule has 38 heavy (non-hydrogen) atoms. The number of oxazole rings is 1. The van der Waals surface area contributed by atoms with Crippen LogP contribution in [0.2, 0.25) is 0 Å². The molecule has 5 rings (SSSR count). The van der Waals surface area contributed by atoms with Crippen LogP contribution in [0, 0.1) is 6.92 Å². The van der Waals surface area contributed by atoms with E-state index >= 15 is 0 Å². The number of rotatable bonds is 11. The van der Waals surface area contributed by atoms with Gasteiger partial charge in [-0.05, 0) is 48.9 Å². The van der Waals surface area contributed by atoms with E-state index in [0.29, 0.717) is 23.9 Å². The number of aryl methyl sites for hydroxylation is 2. The zero-order valence-corrected chi connectivity index (χ0v) is 20.9. The lowest BCUT2D eigenvalue weighted by Gasteiger charge is -2.08. The summed E-state index contributed by atoms with van der Waals surface area (Å²) in [5, 5.41) is 13.7. The Balaban J connectivity index is 1.24. The SMILES string of the molecule is Cc1oc(-c2ccccc2)nc1COc1cccc(COc2cc(CCC(=O)O)n(-c3ccccc3)n2)c1. The highest BCUT2D eigenvalue weighted by atomic mass is 16.5. The molecule has 8 nitrogen and oxygen atoms in total. The molecule has 192 valence electrons. The number of hydrogen-bond acceptors (Lipinski definition) is 6. The predicted molar refractivity (Wildman–Crippen MR) is 141 cm³/mol. The van der Waals surface area contributed by atoms with Gasteiger partial charge in [-0.15, -0.1) is 5.10 Å². The molecule has 0 unspecified atom stereocenters. The number of carbonyl (C=O) groups is 1. The topological polar surface area (TPSA) is 99.6 Å². The molecule has 0 aliphatic heterocycles. The molecule has 0 fully saturated rings. The molecule has 0 amide bonds. The van der Waals surface area contributed by atoms with Crippen LogP contribution in [0.5, 0.6) is 11.6 Å². The quantitative estimate of drug-likeness (QED) is 0.233. The number of aromatic nitrogens is 3. The summed E-state index contributed by atoms with van der Waals surface area (Å²) in [6.45, 7) is 2.44. The van der Waals surface area contributed by atoms with Gasteiger partial charge in [0.25, 0.3) is 0 Å². The van der Waals surface area contributed by atoms with Crippen LogP contribution in [0.3, 0.4) is 0 Å². The number of para-hydroxylation sites is 1. The molecule has 5 aromatic rings. The van der Waals surface area contributed by atoms with E-state index in [0.717, 1.165) is 34.0 Å². The van der Waals surface area contributed by atoms with E-state index in [4.69, 9.17) is 19.0 Å². The molecule has 0 bridgehead atoms. The van der Waals surface area contributed by atoms with Gasteiger partial charge in [0, 0.05) is 23.7 Å². The van der Waals surface area contributed by atoms with Crippen molar-refractivity contribution in [3.05, 3.63) is 114 Å². The molecule has 0 aliphatic rings. The van der Waals surface area contributed by atoms with Gasteiger partial charge in [0.15, 0.2) is 0 Å². The summed E-state index contributed by atoms with van der Waals surface area (Å²) < 4.78 is 19.5. The van der Waals surface area contributed by atoms with Crippen LogP contribution in [0.4, 0.5) is 0 Å². The number of carboxylic acid groups (broad SMARTS) is 1. The second-order valence-corrected chi connectivity index (χ2v) is 8.73. The predicted octanol–water partition coefficient (Wildman–Crippen LogP) is 6.01. The zero-order valence-electron chi connectivity index (χ0n) is 20.9. The van der Waals surface area contributed by atoms with Crippen molar-refractivity contribution >= 4 is 5.97 Å². The van der Waals surface area contributed by atoms with Crippen molar-refractivity contribution in [2.75, 3.05) is 0 Å². The minimum absolute atomic E-state index is 0.00911. The third-order valence-corrected chi connectivity index (χ3v) is 5.93. The maximum Gasteiger partial charge on any atom is 0.303 e. The smallest absolute Gasteiger partial charge is 0.303 e. The second-order valence-electron chi connectivity index (χ2n) is 8.73. The van der Waals surface area contributed by atoms with E-state index in [1.54, 1.807) is 10.7 Å². The first-order valence-corrected chi connectivity index (χ1v) is 12.3. The zero-order chi connectivity index (χ0) is 26.3. The molecule has 2 heterocycles. The molecule has 1 N–H and O–H groups in total. The fraction of sp³-hybridized carbons (Fsp3) is 0.167. The van der Waals surface area contributed by atoms with Crippen molar-refractivity contribution in [2.45, 2.75) is 33.0 Å². The van der Waals surface area contributed by atoms with Crippen molar-refractivity contribution < 1.29 is 23.8 Å². The van der Waals surface area contributed by atoms with Gasteiger partial charge < -0.3 is 19.0 Å². The summed E-state index contributed by atoms with van der Waals surface area (Å²) >= 11 is 0. The van der Waals surface area contributed by atoms with Gasteiger partial charge in [0.1, 0.15) is 30.4 Å².